The van der Waals surface area contributed by atoms with Crippen molar-refractivity contribution < 1.29 is 19.4 Å². The molecule has 1 saturated heterocycles. The van der Waals surface area contributed by atoms with E-state index in [1.807, 2.05) is 19.0 Å². The smallest absolute Gasteiger partial charge is 0.295 e. The summed E-state index contributed by atoms with van der Waals surface area (Å²) in [7, 11) is 5.37. The van der Waals surface area contributed by atoms with Crippen LogP contribution >= 0.6 is 23.2 Å². The van der Waals surface area contributed by atoms with Gasteiger partial charge in [0, 0.05) is 17.1 Å². The summed E-state index contributed by atoms with van der Waals surface area (Å²) in [6, 6.07) is 10.9. The second-order valence-corrected chi connectivity index (χ2v) is 8.40. The molecule has 8 heteroatoms. The minimum absolute atomic E-state index is 0.0124. The van der Waals surface area contributed by atoms with Gasteiger partial charge in [-0.2, -0.15) is 0 Å². The zero-order valence-corrected chi connectivity index (χ0v) is 19.1. The Kier molecular flexibility index (Phi) is 7.26. The SMILES string of the molecule is COc1ccc(C(O)=C2C(=O)C(=O)N(CCCN(C)C)[C@@H]2c2cccc(Cl)c2)cc1Cl. The molecule has 0 spiro atoms. The van der Waals surface area contributed by atoms with Crippen molar-refractivity contribution in [2.75, 3.05) is 34.3 Å². The highest BCUT2D eigenvalue weighted by Crippen LogP contribution is 2.40. The van der Waals surface area contributed by atoms with Gasteiger partial charge in [-0.3, -0.25) is 9.59 Å². The summed E-state index contributed by atoms with van der Waals surface area (Å²) in [4.78, 5) is 29.4. The highest BCUT2D eigenvalue weighted by molar-refractivity contribution is 6.46. The number of aliphatic hydroxyl groups excluding tert-OH is 1. The molecular weight excluding hydrogens is 439 g/mol. The van der Waals surface area contributed by atoms with Gasteiger partial charge in [0.05, 0.1) is 23.7 Å². The third kappa shape index (κ3) is 4.87. The molecule has 3 rings (SSSR count). The van der Waals surface area contributed by atoms with Crippen LogP contribution < -0.4 is 4.74 Å². The molecule has 1 heterocycles. The van der Waals surface area contributed by atoms with Gasteiger partial charge in [0.2, 0.25) is 0 Å². The zero-order valence-electron chi connectivity index (χ0n) is 17.6. The lowest BCUT2D eigenvalue weighted by atomic mass is 9.95. The average Bonchev–Trinajstić information content (AvgIpc) is 2.98. The summed E-state index contributed by atoms with van der Waals surface area (Å²) >= 11 is 12.4. The number of carbonyl (C=O) groups excluding carboxylic acids is 2. The van der Waals surface area contributed by atoms with Crippen molar-refractivity contribution in [2.45, 2.75) is 12.5 Å². The molecule has 0 unspecified atom stereocenters. The Hall–Kier alpha value is -2.54. The van der Waals surface area contributed by atoms with Crippen LogP contribution in [-0.4, -0.2) is 60.9 Å². The first-order valence-electron chi connectivity index (χ1n) is 9.77. The van der Waals surface area contributed by atoms with Crippen molar-refractivity contribution in [1.82, 2.24) is 9.80 Å². The van der Waals surface area contributed by atoms with E-state index in [2.05, 4.69) is 0 Å². The second-order valence-electron chi connectivity index (χ2n) is 7.55. The largest absolute Gasteiger partial charge is 0.507 e. The number of carbonyl (C=O) groups is 2. The number of hydrogen-bond acceptors (Lipinski definition) is 5. The van der Waals surface area contributed by atoms with Crippen molar-refractivity contribution in [1.29, 1.82) is 0 Å². The van der Waals surface area contributed by atoms with Crippen molar-refractivity contribution in [3.63, 3.8) is 0 Å². The van der Waals surface area contributed by atoms with E-state index in [0.29, 0.717) is 34.9 Å². The highest BCUT2D eigenvalue weighted by Gasteiger charge is 2.45. The Morgan fingerprint density at radius 1 is 1.16 bits per heavy atom. The Bertz CT molecular complexity index is 1040. The number of halogens is 2. The van der Waals surface area contributed by atoms with Crippen LogP contribution in [-0.2, 0) is 9.59 Å². The number of ketones is 1. The van der Waals surface area contributed by atoms with E-state index in [4.69, 9.17) is 27.9 Å². The molecule has 164 valence electrons. The molecule has 0 aliphatic carbocycles. The van der Waals surface area contributed by atoms with Crippen molar-refractivity contribution in [3.8, 4) is 5.75 Å². The van der Waals surface area contributed by atoms with Gasteiger partial charge in [-0.05, 0) is 63.0 Å². The molecule has 2 aromatic rings. The zero-order chi connectivity index (χ0) is 22.7. The van der Waals surface area contributed by atoms with Crippen LogP contribution in [0.5, 0.6) is 5.75 Å². The molecule has 1 fully saturated rings. The van der Waals surface area contributed by atoms with E-state index in [-0.39, 0.29) is 16.4 Å². The lowest BCUT2D eigenvalue weighted by Gasteiger charge is -2.26. The number of Topliss-reactive ketones (excluding diaryl/α,β-unsaturated/α-hetero) is 1. The van der Waals surface area contributed by atoms with Gasteiger partial charge in [-0.25, -0.2) is 0 Å². The highest BCUT2D eigenvalue weighted by atomic mass is 35.5. The quantitative estimate of drug-likeness (QED) is 0.375. The molecule has 1 aliphatic rings. The standard InChI is InChI=1S/C23H24Cl2N2O4/c1-26(2)10-5-11-27-20(14-6-4-7-16(24)12-14)19(22(29)23(27)30)21(28)15-8-9-18(31-3)17(25)13-15/h4,6-9,12-13,20,28H,5,10-11H2,1-3H3/t20-/m1/s1. The van der Waals surface area contributed by atoms with Crippen molar-refractivity contribution in [3.05, 3.63) is 69.2 Å². The van der Waals surface area contributed by atoms with Gasteiger partial charge < -0.3 is 19.6 Å². The third-order valence-electron chi connectivity index (χ3n) is 5.13. The van der Waals surface area contributed by atoms with E-state index in [1.165, 1.54) is 18.1 Å². The maximum atomic E-state index is 13.0. The van der Waals surface area contributed by atoms with Gasteiger partial charge in [0.1, 0.15) is 11.5 Å². The maximum Gasteiger partial charge on any atom is 0.295 e. The molecular formula is C23H24Cl2N2O4. The fraction of sp³-hybridized carbons (Fsp3) is 0.304. The Morgan fingerprint density at radius 2 is 1.90 bits per heavy atom. The van der Waals surface area contributed by atoms with Crippen LogP contribution in [0.1, 0.15) is 23.6 Å². The fourth-order valence-electron chi connectivity index (χ4n) is 3.66. The Morgan fingerprint density at radius 3 is 2.52 bits per heavy atom. The minimum Gasteiger partial charge on any atom is -0.507 e. The molecule has 0 bridgehead atoms. The number of methoxy groups -OCH3 is 1. The van der Waals surface area contributed by atoms with E-state index in [1.54, 1.807) is 36.4 Å². The van der Waals surface area contributed by atoms with Crippen LogP contribution in [0.15, 0.2) is 48.0 Å². The van der Waals surface area contributed by atoms with Gasteiger partial charge in [-0.15, -0.1) is 0 Å². The Balaban J connectivity index is 2.11. The molecule has 0 radical (unpaired) electrons. The molecule has 6 nitrogen and oxygen atoms in total. The number of hydrogen-bond donors (Lipinski definition) is 1. The molecule has 1 amide bonds. The van der Waals surface area contributed by atoms with Gasteiger partial charge in [-0.1, -0.05) is 35.3 Å². The first kappa shape index (κ1) is 23.1. The number of aliphatic hydroxyl groups is 1. The Labute approximate surface area is 191 Å². The summed E-state index contributed by atoms with van der Waals surface area (Å²) in [6.07, 6.45) is 0.672. The monoisotopic (exact) mass is 462 g/mol. The van der Waals surface area contributed by atoms with Gasteiger partial charge in [0.15, 0.2) is 0 Å². The number of benzene rings is 2. The number of rotatable bonds is 7. The molecule has 1 aliphatic heterocycles. The topological polar surface area (TPSA) is 70.1 Å². The van der Waals surface area contributed by atoms with Gasteiger partial charge in [0.25, 0.3) is 11.7 Å². The lowest BCUT2D eigenvalue weighted by molar-refractivity contribution is -0.139. The van der Waals surface area contributed by atoms with Crippen LogP contribution in [0.4, 0.5) is 0 Å². The van der Waals surface area contributed by atoms with E-state index in [0.717, 1.165) is 6.54 Å². The molecule has 31 heavy (non-hydrogen) atoms. The van der Waals surface area contributed by atoms with Crippen LogP contribution in [0, 0.1) is 0 Å². The number of amides is 1. The van der Waals surface area contributed by atoms with E-state index in [9.17, 15) is 14.7 Å². The van der Waals surface area contributed by atoms with Gasteiger partial charge >= 0.3 is 0 Å². The normalized spacial score (nSPS) is 18.1. The fourth-order valence-corrected chi connectivity index (χ4v) is 4.12. The van der Waals surface area contributed by atoms with Crippen molar-refractivity contribution in [2.24, 2.45) is 0 Å². The molecule has 2 aromatic carbocycles. The van der Waals surface area contributed by atoms with Crippen LogP contribution in [0.2, 0.25) is 10.0 Å². The molecule has 1 atom stereocenters. The van der Waals surface area contributed by atoms with E-state index < -0.39 is 17.7 Å². The number of ether oxygens (including phenoxy) is 1. The van der Waals surface area contributed by atoms with Crippen molar-refractivity contribution >= 4 is 40.7 Å². The summed E-state index contributed by atoms with van der Waals surface area (Å²) < 4.78 is 5.15. The maximum absolute atomic E-state index is 13.0. The third-order valence-corrected chi connectivity index (χ3v) is 5.66. The predicted molar refractivity (Wildman–Crippen MR) is 122 cm³/mol. The number of nitrogens with zero attached hydrogens (tertiary/aromatic N) is 2. The summed E-state index contributed by atoms with van der Waals surface area (Å²) in [5, 5.41) is 11.8. The molecule has 0 saturated carbocycles. The minimum atomic E-state index is -0.748. The molecule has 1 N–H and O–H groups in total. The molecule has 0 aromatic heterocycles. The summed E-state index contributed by atoms with van der Waals surface area (Å²) in [6.45, 7) is 1.11. The number of likely N-dealkylation sites (tertiary alicyclic amines) is 1. The average molecular weight is 463 g/mol. The first-order valence-corrected chi connectivity index (χ1v) is 10.5. The van der Waals surface area contributed by atoms with Crippen LogP contribution in [0.3, 0.4) is 0 Å². The van der Waals surface area contributed by atoms with Crippen LogP contribution in [0.25, 0.3) is 5.76 Å². The predicted octanol–water partition coefficient (Wildman–Crippen LogP) is 4.38. The second kappa shape index (κ2) is 9.73. The van der Waals surface area contributed by atoms with E-state index >= 15 is 0 Å². The summed E-state index contributed by atoms with van der Waals surface area (Å²) in [5.74, 6) is -1.24. The lowest BCUT2D eigenvalue weighted by Crippen LogP contribution is -2.32. The summed E-state index contributed by atoms with van der Waals surface area (Å²) in [5.41, 5.74) is 0.986. The first-order chi connectivity index (χ1) is 14.7.